The van der Waals surface area contributed by atoms with Gasteiger partial charge in [-0.25, -0.2) is 4.79 Å². The molecule has 9 heteroatoms. The van der Waals surface area contributed by atoms with Crippen LogP contribution >= 0.6 is 0 Å². The molecule has 9 nitrogen and oxygen atoms in total. The lowest BCUT2D eigenvalue weighted by molar-refractivity contribution is 0.00499. The second-order valence-corrected chi connectivity index (χ2v) is 8.49. The highest BCUT2D eigenvalue weighted by Crippen LogP contribution is 2.26. The van der Waals surface area contributed by atoms with Crippen LogP contribution in [0.4, 0.5) is 16.2 Å². The molecular formula is C25H34N2O7. The van der Waals surface area contributed by atoms with E-state index in [0.717, 1.165) is 0 Å². The SMILES string of the molecule is CC(C)(C)OC(=O)N1Nc2cccc(c2)OCCOCCOCCOCCOc2cccc1c2. The van der Waals surface area contributed by atoms with E-state index in [-0.39, 0.29) is 0 Å². The van der Waals surface area contributed by atoms with Crippen molar-refractivity contribution in [3.8, 4) is 11.5 Å². The molecule has 2 aromatic rings. The first-order chi connectivity index (χ1) is 16.4. The second-order valence-electron chi connectivity index (χ2n) is 8.49. The van der Waals surface area contributed by atoms with Crippen LogP contribution in [0.15, 0.2) is 48.5 Å². The molecule has 1 aliphatic rings. The molecule has 0 atom stereocenters. The molecule has 0 saturated carbocycles. The van der Waals surface area contributed by atoms with Crippen LogP contribution in [0.5, 0.6) is 11.5 Å². The summed E-state index contributed by atoms with van der Waals surface area (Å²) in [5, 5.41) is 1.34. The Bertz CT molecular complexity index is 901. The molecule has 1 heterocycles. The van der Waals surface area contributed by atoms with Crippen LogP contribution in [0.2, 0.25) is 0 Å². The highest BCUT2D eigenvalue weighted by molar-refractivity contribution is 5.90. The predicted molar refractivity (Wildman–Crippen MR) is 129 cm³/mol. The van der Waals surface area contributed by atoms with E-state index in [1.54, 1.807) is 18.2 Å². The Balaban J connectivity index is 1.81. The van der Waals surface area contributed by atoms with Gasteiger partial charge in [-0.15, -0.1) is 0 Å². The lowest BCUT2D eigenvalue weighted by Crippen LogP contribution is -2.40. The van der Waals surface area contributed by atoms with Gasteiger partial charge >= 0.3 is 6.09 Å². The predicted octanol–water partition coefficient (Wildman–Crippen LogP) is 4.28. The van der Waals surface area contributed by atoms with Gasteiger partial charge in [0, 0.05) is 12.1 Å². The van der Waals surface area contributed by atoms with E-state index in [1.165, 1.54) is 5.01 Å². The number of carbonyl (C=O) groups is 1. The second kappa shape index (κ2) is 13.0. The monoisotopic (exact) mass is 474 g/mol. The zero-order valence-electron chi connectivity index (χ0n) is 20.1. The van der Waals surface area contributed by atoms with Crippen LogP contribution in [0.25, 0.3) is 0 Å². The minimum atomic E-state index is -0.666. The van der Waals surface area contributed by atoms with Crippen LogP contribution in [0.1, 0.15) is 20.8 Å². The number of hydrogen-bond acceptors (Lipinski definition) is 8. The van der Waals surface area contributed by atoms with Crippen molar-refractivity contribution in [2.24, 2.45) is 0 Å². The van der Waals surface area contributed by atoms with E-state index in [0.29, 0.717) is 75.7 Å². The molecule has 0 fully saturated rings. The first-order valence-corrected chi connectivity index (χ1v) is 11.4. The van der Waals surface area contributed by atoms with Crippen LogP contribution in [-0.4, -0.2) is 64.5 Å². The molecule has 186 valence electrons. The maximum atomic E-state index is 13.1. The molecular weight excluding hydrogens is 440 g/mol. The van der Waals surface area contributed by atoms with Gasteiger partial charge in [-0.3, -0.25) is 5.43 Å². The molecule has 1 amide bonds. The molecule has 34 heavy (non-hydrogen) atoms. The fraction of sp³-hybridized carbons (Fsp3) is 0.480. The summed E-state index contributed by atoms with van der Waals surface area (Å²) in [6, 6.07) is 14.5. The molecule has 2 aromatic carbocycles. The highest BCUT2D eigenvalue weighted by Gasteiger charge is 2.24. The van der Waals surface area contributed by atoms with Crippen LogP contribution in [0.3, 0.4) is 0 Å². The van der Waals surface area contributed by atoms with Crippen molar-refractivity contribution in [1.29, 1.82) is 0 Å². The third kappa shape index (κ3) is 9.09. The van der Waals surface area contributed by atoms with Crippen molar-refractivity contribution in [3.05, 3.63) is 48.5 Å². The summed E-state index contributed by atoms with van der Waals surface area (Å²) in [4.78, 5) is 13.1. The van der Waals surface area contributed by atoms with E-state index in [4.69, 9.17) is 28.4 Å². The summed E-state index contributed by atoms with van der Waals surface area (Å²) in [6.45, 7) is 9.00. The number of hydrazine groups is 1. The number of rotatable bonds is 0. The Labute approximate surface area is 200 Å². The standard InChI is InChI=1S/C25H34N2O7/c1-25(2,3)34-24(28)27-21-7-5-9-23(19-21)33-17-15-31-13-11-29-10-12-30-14-16-32-22-8-4-6-20(18-22)26-27/h4-9,18-19,26H,10-17H2,1-3H3. The van der Waals surface area contributed by atoms with Gasteiger partial charge < -0.3 is 28.4 Å². The molecule has 1 N–H and O–H groups in total. The number of fused-ring (bicyclic) bond motifs is 4. The van der Waals surface area contributed by atoms with Gasteiger partial charge in [0.15, 0.2) is 0 Å². The first-order valence-electron chi connectivity index (χ1n) is 11.4. The van der Waals surface area contributed by atoms with E-state index < -0.39 is 11.7 Å². The van der Waals surface area contributed by atoms with Crippen molar-refractivity contribution < 1.29 is 33.2 Å². The number of nitrogens with one attached hydrogen (secondary N) is 1. The molecule has 3 rings (SSSR count). The van der Waals surface area contributed by atoms with Gasteiger partial charge in [0.05, 0.1) is 51.0 Å². The number of carbonyl (C=O) groups excluding carboxylic acids is 1. The zero-order valence-corrected chi connectivity index (χ0v) is 20.1. The molecule has 4 bridgehead atoms. The number of benzene rings is 2. The summed E-state index contributed by atoms with van der Waals surface area (Å²) in [5.74, 6) is 1.25. The Kier molecular flexibility index (Phi) is 9.81. The Hall–Kier alpha value is -3.01. The number of hydrogen-bond donors (Lipinski definition) is 1. The highest BCUT2D eigenvalue weighted by atomic mass is 16.6. The fourth-order valence-electron chi connectivity index (χ4n) is 3.00. The number of nitrogens with zero attached hydrogens (tertiary/aromatic N) is 1. The summed E-state index contributed by atoms with van der Waals surface area (Å²) in [7, 11) is 0. The lowest BCUT2D eigenvalue weighted by atomic mass is 10.2. The average Bonchev–Trinajstić information content (AvgIpc) is 2.79. The topological polar surface area (TPSA) is 87.7 Å². The molecule has 0 unspecified atom stereocenters. The van der Waals surface area contributed by atoms with Crippen molar-refractivity contribution in [1.82, 2.24) is 0 Å². The van der Waals surface area contributed by atoms with Crippen LogP contribution < -0.4 is 19.9 Å². The van der Waals surface area contributed by atoms with E-state index >= 15 is 0 Å². The van der Waals surface area contributed by atoms with Gasteiger partial charge in [0.2, 0.25) is 0 Å². The van der Waals surface area contributed by atoms with Crippen molar-refractivity contribution in [3.63, 3.8) is 0 Å². The van der Waals surface area contributed by atoms with Crippen molar-refractivity contribution >= 4 is 17.5 Å². The fourth-order valence-corrected chi connectivity index (χ4v) is 3.00. The summed E-state index contributed by atoms with van der Waals surface area (Å²) in [6.07, 6.45) is -0.550. The molecule has 0 aromatic heterocycles. The third-order valence-corrected chi connectivity index (χ3v) is 4.46. The number of anilines is 2. The van der Waals surface area contributed by atoms with Gasteiger partial charge in [-0.1, -0.05) is 12.1 Å². The maximum Gasteiger partial charge on any atom is 0.433 e. The van der Waals surface area contributed by atoms with Crippen LogP contribution in [0, 0.1) is 0 Å². The summed E-state index contributed by atoms with van der Waals surface area (Å²) >= 11 is 0. The van der Waals surface area contributed by atoms with Crippen LogP contribution in [-0.2, 0) is 18.9 Å². The summed E-state index contributed by atoms with van der Waals surface area (Å²) in [5.41, 5.74) is 3.68. The normalized spacial score (nSPS) is 16.7. The van der Waals surface area contributed by atoms with Gasteiger partial charge in [0.1, 0.15) is 30.3 Å². The Morgan fingerprint density at radius 3 is 1.91 bits per heavy atom. The van der Waals surface area contributed by atoms with Crippen molar-refractivity contribution in [2.75, 3.05) is 63.3 Å². The summed E-state index contributed by atoms with van der Waals surface area (Å²) < 4.78 is 33.8. The minimum Gasteiger partial charge on any atom is -0.491 e. The minimum absolute atomic E-state index is 0.367. The zero-order chi connectivity index (χ0) is 24.2. The smallest absolute Gasteiger partial charge is 0.433 e. The third-order valence-electron chi connectivity index (χ3n) is 4.46. The molecule has 1 aliphatic heterocycles. The Morgan fingerprint density at radius 1 is 0.794 bits per heavy atom. The largest absolute Gasteiger partial charge is 0.491 e. The maximum absolute atomic E-state index is 13.1. The molecule has 0 saturated heterocycles. The molecule has 0 spiro atoms. The van der Waals surface area contributed by atoms with Gasteiger partial charge in [-0.05, 0) is 45.0 Å². The Morgan fingerprint density at radius 2 is 1.32 bits per heavy atom. The number of amides is 1. The van der Waals surface area contributed by atoms with E-state index in [1.807, 2.05) is 51.1 Å². The van der Waals surface area contributed by atoms with Gasteiger partial charge in [0.25, 0.3) is 0 Å². The lowest BCUT2D eigenvalue weighted by Gasteiger charge is -2.28. The van der Waals surface area contributed by atoms with E-state index in [9.17, 15) is 4.79 Å². The first kappa shape index (κ1) is 25.6. The number of ether oxygens (including phenoxy) is 6. The molecule has 0 aliphatic carbocycles. The molecule has 0 radical (unpaired) electrons. The van der Waals surface area contributed by atoms with Crippen molar-refractivity contribution in [2.45, 2.75) is 26.4 Å². The quantitative estimate of drug-likeness (QED) is 0.606. The average molecular weight is 475 g/mol. The van der Waals surface area contributed by atoms with E-state index in [2.05, 4.69) is 5.43 Å². The van der Waals surface area contributed by atoms with Gasteiger partial charge in [-0.2, -0.15) is 5.01 Å².